The molecule has 114 valence electrons. The number of amidine groups is 1. The highest BCUT2D eigenvalue weighted by molar-refractivity contribution is 7.16. The maximum Gasteiger partial charge on any atom is 0.167 e. The number of hydrogen-bond acceptors (Lipinski definition) is 5. The van der Waals surface area contributed by atoms with Gasteiger partial charge in [-0.3, -0.25) is 0 Å². The van der Waals surface area contributed by atoms with E-state index in [1.165, 1.54) is 10.2 Å². The number of fused-ring (bicyclic) bond motifs is 2. The van der Waals surface area contributed by atoms with E-state index >= 15 is 0 Å². The molecule has 0 amide bonds. The summed E-state index contributed by atoms with van der Waals surface area (Å²) in [6.45, 7) is 6.14. The first-order chi connectivity index (χ1) is 11.1. The Morgan fingerprint density at radius 1 is 1.23 bits per heavy atom. The summed E-state index contributed by atoms with van der Waals surface area (Å²) in [4.78, 5) is 10.9. The Balaban J connectivity index is 1.85. The van der Waals surface area contributed by atoms with E-state index in [0.29, 0.717) is 0 Å². The van der Waals surface area contributed by atoms with Crippen molar-refractivity contribution in [3.63, 3.8) is 0 Å². The number of nitrogens with zero attached hydrogens (tertiary/aromatic N) is 3. The number of para-hydroxylation sites is 2. The van der Waals surface area contributed by atoms with Gasteiger partial charge in [0.15, 0.2) is 1.41 Å². The highest BCUT2D eigenvalue weighted by atomic mass is 32.1. The van der Waals surface area contributed by atoms with Crippen LogP contribution in [0.25, 0.3) is 0 Å². The Kier molecular flexibility index (Phi) is 3.12. The minimum Gasteiger partial charge on any atom is -0.353 e. The number of rotatable bonds is 0. The quantitative estimate of drug-likeness (QED) is 0.808. The van der Waals surface area contributed by atoms with Crippen LogP contribution in [0.4, 0.5) is 16.4 Å². The van der Waals surface area contributed by atoms with Crippen molar-refractivity contribution in [1.82, 2.24) is 9.80 Å². The third-order valence-electron chi connectivity index (χ3n) is 4.21. The van der Waals surface area contributed by atoms with E-state index in [2.05, 4.69) is 29.8 Å². The number of thiophene rings is 1. The fourth-order valence-electron chi connectivity index (χ4n) is 2.94. The molecule has 4 nitrogen and oxygen atoms in total. The van der Waals surface area contributed by atoms with Crippen molar-refractivity contribution in [1.29, 1.82) is 0 Å². The molecule has 2 aliphatic heterocycles. The number of aryl methyl sites for hydroxylation is 1. The van der Waals surface area contributed by atoms with Crippen molar-refractivity contribution in [2.24, 2.45) is 4.99 Å². The molecule has 0 spiro atoms. The fourth-order valence-corrected chi connectivity index (χ4v) is 3.83. The van der Waals surface area contributed by atoms with Crippen LogP contribution in [-0.2, 0) is 0 Å². The number of hydrogen-bond donors (Lipinski definition) is 1. The van der Waals surface area contributed by atoms with Gasteiger partial charge < -0.3 is 15.1 Å². The molecule has 0 bridgehead atoms. The van der Waals surface area contributed by atoms with Crippen molar-refractivity contribution in [3.8, 4) is 0 Å². The molecule has 2 aromatic rings. The van der Waals surface area contributed by atoms with Crippen molar-refractivity contribution in [2.75, 3.05) is 38.5 Å². The molecule has 5 heteroatoms. The summed E-state index contributed by atoms with van der Waals surface area (Å²) >= 11 is 1.66. The lowest BCUT2D eigenvalue weighted by Gasteiger charge is -2.34. The van der Waals surface area contributed by atoms with E-state index in [-0.39, 0.29) is 0 Å². The van der Waals surface area contributed by atoms with Crippen LogP contribution >= 0.6 is 11.3 Å². The lowest BCUT2D eigenvalue weighted by atomic mass is 10.2. The van der Waals surface area contributed by atoms with E-state index in [4.69, 9.17) is 6.40 Å². The maximum atomic E-state index is 8.57. The Hall–Kier alpha value is -1.85. The minimum absolute atomic E-state index is 0.847. The average Bonchev–Trinajstić information content (AvgIpc) is 2.90. The molecule has 1 saturated heterocycles. The monoisotopic (exact) mass is 313 g/mol. The maximum absolute atomic E-state index is 8.57. The summed E-state index contributed by atoms with van der Waals surface area (Å²) in [6, 6.07) is 10.1. The normalized spacial score (nSPS) is 19.2. The molecular formula is C17H20N4S. The molecular weight excluding hydrogens is 292 g/mol. The molecule has 22 heavy (non-hydrogen) atoms. The summed E-state index contributed by atoms with van der Waals surface area (Å²) in [5, 5.41) is 2.50. The zero-order chi connectivity index (χ0) is 16.0. The highest BCUT2D eigenvalue weighted by Gasteiger charge is 2.25. The second-order valence-corrected chi connectivity index (χ2v) is 7.14. The van der Waals surface area contributed by atoms with Crippen molar-refractivity contribution in [3.05, 3.63) is 40.8 Å². The number of anilines is 2. The molecule has 0 saturated carbocycles. The minimum atomic E-state index is 0.847. The predicted molar refractivity (Wildman–Crippen MR) is 94.0 cm³/mol. The summed E-state index contributed by atoms with van der Waals surface area (Å²) in [7, 11) is 2.16. The van der Waals surface area contributed by atoms with E-state index in [9.17, 15) is 0 Å². The van der Waals surface area contributed by atoms with E-state index in [0.717, 1.165) is 54.0 Å². The third-order valence-corrected chi connectivity index (χ3v) is 5.15. The van der Waals surface area contributed by atoms with Gasteiger partial charge in [-0.05, 0) is 32.2 Å². The lowest BCUT2D eigenvalue weighted by molar-refractivity contribution is 0.216. The van der Waals surface area contributed by atoms with Gasteiger partial charge in [-0.1, -0.05) is 12.1 Å². The van der Waals surface area contributed by atoms with Gasteiger partial charge in [-0.25, -0.2) is 4.99 Å². The predicted octanol–water partition coefficient (Wildman–Crippen LogP) is 3.44. The average molecular weight is 313 g/mol. The Labute approximate surface area is 136 Å². The summed E-state index contributed by atoms with van der Waals surface area (Å²) in [5.74, 6) is 1.01. The number of nitrogens with one attached hydrogen (secondary N) is 1. The van der Waals surface area contributed by atoms with E-state index < -0.39 is 0 Å². The molecule has 3 heterocycles. The molecule has 4 rings (SSSR count). The molecule has 1 N–H and O–H groups in total. The van der Waals surface area contributed by atoms with Crippen molar-refractivity contribution >= 4 is 33.5 Å². The van der Waals surface area contributed by atoms with Gasteiger partial charge in [0.05, 0.1) is 16.9 Å². The molecule has 2 aliphatic rings. The van der Waals surface area contributed by atoms with Crippen molar-refractivity contribution in [2.45, 2.75) is 6.92 Å². The number of piperazine rings is 1. The molecule has 0 radical (unpaired) electrons. The Bertz CT molecular complexity index is 762. The standard InChI is InChI=1S/C17H20N4S/c1-12-11-13-16(21-9-7-20(2)8-10-21)18-14-5-3-4-6-15(14)19-17(13)22-12/h3-6,11,19H,7-10H2,1-2H3/i/hD. The molecule has 1 fully saturated rings. The zero-order valence-electron chi connectivity index (χ0n) is 13.9. The van der Waals surface area contributed by atoms with Gasteiger partial charge in [0.2, 0.25) is 0 Å². The number of benzene rings is 1. The summed E-state index contributed by atoms with van der Waals surface area (Å²) < 4.78 is 8.57. The first-order valence-electron chi connectivity index (χ1n) is 8.09. The summed E-state index contributed by atoms with van der Waals surface area (Å²) in [6.07, 6.45) is 0. The van der Waals surface area contributed by atoms with Crippen LogP contribution in [0.15, 0.2) is 35.3 Å². The molecule has 0 aliphatic carbocycles. The summed E-state index contributed by atoms with van der Waals surface area (Å²) in [5.41, 5.74) is 2.81. The third kappa shape index (κ3) is 2.40. The first-order valence-corrected chi connectivity index (χ1v) is 8.46. The Morgan fingerprint density at radius 2 is 2.00 bits per heavy atom. The van der Waals surface area contributed by atoms with Crippen LogP contribution < -0.4 is 5.31 Å². The SMILES string of the molecule is [2H]N1c2ccccc2N=C(N2CCN(C)CC2)c2cc(C)sc21. The second-order valence-electron chi connectivity index (χ2n) is 5.90. The number of aliphatic imine (C=N–C) groups is 1. The van der Waals surface area contributed by atoms with Crippen molar-refractivity contribution < 1.29 is 1.41 Å². The Morgan fingerprint density at radius 3 is 2.82 bits per heavy atom. The van der Waals surface area contributed by atoms with Gasteiger partial charge >= 0.3 is 0 Å². The van der Waals surface area contributed by atoms with Gasteiger partial charge in [-0.15, -0.1) is 11.3 Å². The van der Waals surface area contributed by atoms with Gasteiger partial charge in [0, 0.05) is 31.1 Å². The smallest absolute Gasteiger partial charge is 0.167 e. The van der Waals surface area contributed by atoms with Crippen LogP contribution in [0, 0.1) is 6.92 Å². The zero-order valence-corrected chi connectivity index (χ0v) is 13.7. The van der Waals surface area contributed by atoms with Crippen LogP contribution in [0.3, 0.4) is 0 Å². The largest absolute Gasteiger partial charge is 0.353 e. The molecule has 1 aromatic heterocycles. The topological polar surface area (TPSA) is 30.9 Å². The van der Waals surface area contributed by atoms with Gasteiger partial charge in [-0.2, -0.15) is 0 Å². The first kappa shape index (κ1) is 12.7. The van der Waals surface area contributed by atoms with E-state index in [1.54, 1.807) is 11.3 Å². The number of likely N-dealkylation sites (N-methyl/N-ethyl adjacent to an activating group) is 1. The van der Waals surface area contributed by atoms with Crippen LogP contribution in [0.5, 0.6) is 0 Å². The molecule has 0 unspecified atom stereocenters. The van der Waals surface area contributed by atoms with Crippen LogP contribution in [0.1, 0.15) is 10.4 Å². The van der Waals surface area contributed by atoms with Crippen LogP contribution in [0.2, 0.25) is 1.41 Å². The molecule has 1 aromatic carbocycles. The van der Waals surface area contributed by atoms with Gasteiger partial charge in [0.25, 0.3) is 0 Å². The lowest BCUT2D eigenvalue weighted by Crippen LogP contribution is -2.47. The second kappa shape index (κ2) is 5.41. The highest BCUT2D eigenvalue weighted by Crippen LogP contribution is 2.39. The molecule has 0 atom stereocenters. The van der Waals surface area contributed by atoms with E-state index in [1.807, 2.05) is 24.3 Å². The fraction of sp³-hybridized carbons (Fsp3) is 0.353. The van der Waals surface area contributed by atoms with Gasteiger partial charge in [0.1, 0.15) is 10.8 Å². The van der Waals surface area contributed by atoms with Crippen LogP contribution in [-0.4, -0.2) is 48.9 Å².